The lowest BCUT2D eigenvalue weighted by atomic mass is 9.98. The molecule has 0 saturated carbocycles. The topological polar surface area (TPSA) is 101 Å². The van der Waals surface area contributed by atoms with Gasteiger partial charge >= 0.3 is 0 Å². The van der Waals surface area contributed by atoms with Crippen molar-refractivity contribution in [1.82, 2.24) is 19.6 Å². The molecule has 30 heavy (non-hydrogen) atoms. The number of aliphatic hydroxyl groups is 1. The van der Waals surface area contributed by atoms with Crippen LogP contribution in [0.1, 0.15) is 28.8 Å². The first-order valence-corrected chi connectivity index (χ1v) is 10.0. The summed E-state index contributed by atoms with van der Waals surface area (Å²) in [5, 5.41) is 15.5. The average Bonchev–Trinajstić information content (AvgIpc) is 3.41. The molecular weight excluding hydrogens is 388 g/mol. The molecule has 9 nitrogen and oxygen atoms in total. The predicted molar refractivity (Wildman–Crippen MR) is 108 cm³/mol. The Kier molecular flexibility index (Phi) is 5.48. The number of aryl methyl sites for hydroxylation is 2. The third-order valence-electron chi connectivity index (χ3n) is 5.86. The van der Waals surface area contributed by atoms with E-state index < -0.39 is 17.7 Å². The van der Waals surface area contributed by atoms with E-state index >= 15 is 0 Å². The van der Waals surface area contributed by atoms with Crippen molar-refractivity contribution >= 4 is 17.4 Å². The molecule has 0 bridgehead atoms. The van der Waals surface area contributed by atoms with Gasteiger partial charge in [-0.3, -0.25) is 19.2 Å². The zero-order valence-electron chi connectivity index (χ0n) is 17.4. The van der Waals surface area contributed by atoms with Crippen molar-refractivity contribution in [2.24, 2.45) is 7.05 Å². The van der Waals surface area contributed by atoms with Crippen LogP contribution in [0.4, 0.5) is 0 Å². The van der Waals surface area contributed by atoms with Gasteiger partial charge in [0.1, 0.15) is 17.6 Å². The second-order valence-corrected chi connectivity index (χ2v) is 7.63. The molecule has 9 heteroatoms. The molecule has 2 aromatic rings. The van der Waals surface area contributed by atoms with Crippen LogP contribution >= 0.6 is 0 Å². The molecule has 1 atom stereocenters. The van der Waals surface area contributed by atoms with Gasteiger partial charge in [0.25, 0.3) is 11.7 Å². The molecular formula is C21H26N4O5. The largest absolute Gasteiger partial charge is 0.507 e. The molecule has 0 aromatic carbocycles. The summed E-state index contributed by atoms with van der Waals surface area (Å²) < 4.78 is 12.6. The maximum Gasteiger partial charge on any atom is 0.295 e. The van der Waals surface area contributed by atoms with Crippen LogP contribution in [0.15, 0.2) is 28.4 Å². The molecule has 160 valence electrons. The van der Waals surface area contributed by atoms with Crippen LogP contribution in [0, 0.1) is 13.8 Å². The molecule has 0 radical (unpaired) electrons. The number of nitrogens with zero attached hydrogens (tertiary/aromatic N) is 4. The number of aromatic nitrogens is 2. The monoisotopic (exact) mass is 414 g/mol. The Morgan fingerprint density at radius 1 is 1.23 bits per heavy atom. The first-order chi connectivity index (χ1) is 14.4. The van der Waals surface area contributed by atoms with Crippen molar-refractivity contribution in [3.63, 3.8) is 0 Å². The fourth-order valence-electron chi connectivity index (χ4n) is 4.18. The van der Waals surface area contributed by atoms with E-state index in [9.17, 15) is 14.7 Å². The van der Waals surface area contributed by atoms with Crippen molar-refractivity contribution < 1.29 is 23.8 Å². The highest BCUT2D eigenvalue weighted by Gasteiger charge is 2.47. The van der Waals surface area contributed by atoms with Gasteiger partial charge < -0.3 is 19.2 Å². The Labute approximate surface area is 174 Å². The molecule has 1 amide bonds. The Hall–Kier alpha value is -2.91. The first-order valence-electron chi connectivity index (χ1n) is 10.0. The van der Waals surface area contributed by atoms with Gasteiger partial charge in [-0.2, -0.15) is 5.10 Å². The number of rotatable bonds is 5. The van der Waals surface area contributed by atoms with Crippen LogP contribution in [-0.4, -0.2) is 75.8 Å². The van der Waals surface area contributed by atoms with E-state index in [4.69, 9.17) is 9.15 Å². The van der Waals surface area contributed by atoms with Gasteiger partial charge in [-0.25, -0.2) is 0 Å². The van der Waals surface area contributed by atoms with Gasteiger partial charge in [-0.1, -0.05) is 0 Å². The van der Waals surface area contributed by atoms with Crippen LogP contribution in [0.3, 0.4) is 0 Å². The summed E-state index contributed by atoms with van der Waals surface area (Å²) in [4.78, 5) is 29.6. The Bertz CT molecular complexity index is 985. The number of carbonyl (C=O) groups is 2. The minimum Gasteiger partial charge on any atom is -0.507 e. The number of hydrogen-bond donors (Lipinski definition) is 1. The third-order valence-corrected chi connectivity index (χ3v) is 5.86. The lowest BCUT2D eigenvalue weighted by Gasteiger charge is -2.30. The van der Waals surface area contributed by atoms with Crippen LogP contribution in [0.5, 0.6) is 0 Å². The maximum atomic E-state index is 13.0. The molecule has 4 heterocycles. The van der Waals surface area contributed by atoms with Crippen molar-refractivity contribution in [2.75, 3.05) is 39.4 Å². The number of furan rings is 1. The fraction of sp³-hybridized carbons (Fsp3) is 0.476. The molecule has 2 aliphatic rings. The smallest absolute Gasteiger partial charge is 0.295 e. The summed E-state index contributed by atoms with van der Waals surface area (Å²) in [6, 6.07) is 2.65. The van der Waals surface area contributed by atoms with Gasteiger partial charge in [-0.15, -0.1) is 0 Å². The zero-order valence-corrected chi connectivity index (χ0v) is 17.4. The molecule has 2 fully saturated rings. The van der Waals surface area contributed by atoms with E-state index in [1.807, 2.05) is 6.92 Å². The quantitative estimate of drug-likeness (QED) is 0.448. The number of likely N-dealkylation sites (tertiary alicyclic amines) is 1. The molecule has 2 aliphatic heterocycles. The molecule has 1 N–H and O–H groups in total. The van der Waals surface area contributed by atoms with E-state index in [0.29, 0.717) is 49.0 Å². The molecule has 0 spiro atoms. The standard InChI is InChI=1S/C21H26N4O5/c1-13-16(14(2)23(3)22-13)19(26)17-18(15-5-4-10-30-15)25(21(28)20(17)27)7-6-24-8-11-29-12-9-24/h4-5,10,18,26H,6-9,11-12H2,1-3H3/b19-17+. The average molecular weight is 414 g/mol. The summed E-state index contributed by atoms with van der Waals surface area (Å²) in [5.41, 5.74) is 1.81. The summed E-state index contributed by atoms with van der Waals surface area (Å²) in [5.74, 6) is -1.12. The summed E-state index contributed by atoms with van der Waals surface area (Å²) in [7, 11) is 1.77. The molecule has 2 aromatic heterocycles. The van der Waals surface area contributed by atoms with Crippen molar-refractivity contribution in [1.29, 1.82) is 0 Å². The SMILES string of the molecule is Cc1nn(C)c(C)c1/C(O)=C1\C(=O)C(=O)N(CCN2CCOCC2)C1c1ccco1. The summed E-state index contributed by atoms with van der Waals surface area (Å²) in [6.07, 6.45) is 1.50. The number of ether oxygens (including phenoxy) is 1. The molecule has 1 unspecified atom stereocenters. The van der Waals surface area contributed by atoms with Gasteiger partial charge in [0, 0.05) is 38.9 Å². The fourth-order valence-corrected chi connectivity index (χ4v) is 4.18. The minimum atomic E-state index is -0.778. The Balaban J connectivity index is 1.74. The van der Waals surface area contributed by atoms with Crippen LogP contribution < -0.4 is 0 Å². The van der Waals surface area contributed by atoms with Crippen LogP contribution in [0.2, 0.25) is 0 Å². The lowest BCUT2D eigenvalue weighted by Crippen LogP contribution is -2.42. The first kappa shape index (κ1) is 20.4. The second kappa shape index (κ2) is 8.08. The van der Waals surface area contributed by atoms with Crippen molar-refractivity contribution in [3.05, 3.63) is 46.7 Å². The zero-order chi connectivity index (χ0) is 21.4. The highest BCUT2D eigenvalue weighted by Crippen LogP contribution is 2.40. The van der Waals surface area contributed by atoms with Gasteiger partial charge in [0.2, 0.25) is 0 Å². The van der Waals surface area contributed by atoms with E-state index in [2.05, 4.69) is 10.00 Å². The van der Waals surface area contributed by atoms with Crippen molar-refractivity contribution in [2.45, 2.75) is 19.9 Å². The molecule has 0 aliphatic carbocycles. The van der Waals surface area contributed by atoms with Gasteiger partial charge in [0.05, 0.1) is 36.3 Å². The maximum absolute atomic E-state index is 13.0. The third kappa shape index (κ3) is 3.44. The van der Waals surface area contributed by atoms with E-state index in [0.717, 1.165) is 13.1 Å². The van der Waals surface area contributed by atoms with E-state index in [1.54, 1.807) is 30.8 Å². The highest BCUT2D eigenvalue weighted by molar-refractivity contribution is 6.46. The van der Waals surface area contributed by atoms with Gasteiger partial charge in [0.15, 0.2) is 0 Å². The molecule has 4 rings (SSSR count). The van der Waals surface area contributed by atoms with Gasteiger partial charge in [-0.05, 0) is 26.0 Å². The normalized spacial score (nSPS) is 22.2. The number of carbonyl (C=O) groups excluding carboxylic acids is 2. The number of morpholine rings is 1. The second-order valence-electron chi connectivity index (χ2n) is 7.63. The van der Waals surface area contributed by atoms with Crippen LogP contribution in [-0.2, 0) is 21.4 Å². The predicted octanol–water partition coefficient (Wildman–Crippen LogP) is 1.38. The highest BCUT2D eigenvalue weighted by atomic mass is 16.5. The number of ketones is 1. The Morgan fingerprint density at radius 3 is 2.57 bits per heavy atom. The lowest BCUT2D eigenvalue weighted by molar-refractivity contribution is -0.140. The summed E-state index contributed by atoms with van der Waals surface area (Å²) in [6.45, 7) is 7.40. The summed E-state index contributed by atoms with van der Waals surface area (Å²) >= 11 is 0. The van der Waals surface area contributed by atoms with E-state index in [-0.39, 0.29) is 11.3 Å². The van der Waals surface area contributed by atoms with Crippen LogP contribution in [0.25, 0.3) is 5.76 Å². The molecule has 2 saturated heterocycles. The number of amides is 1. The van der Waals surface area contributed by atoms with Crippen molar-refractivity contribution in [3.8, 4) is 0 Å². The van der Waals surface area contributed by atoms with E-state index in [1.165, 1.54) is 11.2 Å². The Morgan fingerprint density at radius 2 is 1.97 bits per heavy atom. The minimum absolute atomic E-state index is 0.0381. The number of Topliss-reactive ketones (excluding diaryl/α,β-unsaturated/α-hetero) is 1. The number of hydrogen-bond acceptors (Lipinski definition) is 7. The number of aliphatic hydroxyl groups excluding tert-OH is 1.